The molecule has 1 aromatic carbocycles. The molecule has 0 spiro atoms. The van der Waals surface area contributed by atoms with Gasteiger partial charge in [0.25, 0.3) is 0 Å². The fourth-order valence-electron chi connectivity index (χ4n) is 1.91. The number of methoxy groups -OCH3 is 1. The maximum absolute atomic E-state index is 11.5. The average molecular weight is 237 g/mol. The van der Waals surface area contributed by atoms with Gasteiger partial charge in [0.05, 0.1) is 7.11 Å². The Morgan fingerprint density at radius 2 is 1.94 bits per heavy atom. The van der Waals surface area contributed by atoms with E-state index in [4.69, 9.17) is 10.6 Å². The molecule has 3 N–H and O–H groups in total. The Bertz CT molecular complexity index is 444. The van der Waals surface area contributed by atoms with Crippen molar-refractivity contribution in [1.29, 1.82) is 0 Å². The van der Waals surface area contributed by atoms with Crippen molar-refractivity contribution >= 4 is 11.7 Å². The predicted molar refractivity (Wildman–Crippen MR) is 68.3 cm³/mol. The minimum absolute atomic E-state index is 0.350. The van der Waals surface area contributed by atoms with Gasteiger partial charge in [-0.25, -0.2) is 10.6 Å². The lowest BCUT2D eigenvalue weighted by molar-refractivity contribution is 0.247. The van der Waals surface area contributed by atoms with Crippen molar-refractivity contribution in [3.8, 4) is 5.75 Å². The molecule has 5 heteroatoms. The summed E-state index contributed by atoms with van der Waals surface area (Å²) in [5.41, 5.74) is 5.95. The number of ether oxygens (including phenoxy) is 1. The summed E-state index contributed by atoms with van der Waals surface area (Å²) in [5, 5.41) is 0. The number of anilines is 1. The van der Waals surface area contributed by atoms with Gasteiger partial charge in [0.2, 0.25) is 0 Å². The number of carbonyl (C=O) groups is 1. The van der Waals surface area contributed by atoms with Crippen LogP contribution in [0.3, 0.4) is 0 Å². The monoisotopic (exact) mass is 237 g/mol. The van der Waals surface area contributed by atoms with E-state index in [1.165, 1.54) is 4.90 Å². The summed E-state index contributed by atoms with van der Waals surface area (Å²) in [7, 11) is 3.32. The van der Waals surface area contributed by atoms with Crippen LogP contribution in [0.5, 0.6) is 5.75 Å². The Hall–Kier alpha value is -1.75. The van der Waals surface area contributed by atoms with E-state index < -0.39 is 0 Å². The van der Waals surface area contributed by atoms with Crippen molar-refractivity contribution in [2.75, 3.05) is 19.1 Å². The molecule has 0 heterocycles. The van der Waals surface area contributed by atoms with Crippen LogP contribution in [0.1, 0.15) is 16.7 Å². The Morgan fingerprint density at radius 1 is 1.35 bits per heavy atom. The van der Waals surface area contributed by atoms with Crippen LogP contribution in [0.25, 0.3) is 0 Å². The van der Waals surface area contributed by atoms with Crippen LogP contribution in [0.4, 0.5) is 10.5 Å². The topological polar surface area (TPSA) is 67.6 Å². The number of rotatable bonds is 2. The number of hydrogen-bond acceptors (Lipinski definition) is 3. The van der Waals surface area contributed by atoms with Crippen LogP contribution in [0.2, 0.25) is 0 Å². The quantitative estimate of drug-likeness (QED) is 0.467. The molecule has 0 aliphatic carbocycles. The van der Waals surface area contributed by atoms with E-state index >= 15 is 0 Å². The van der Waals surface area contributed by atoms with E-state index in [1.807, 2.05) is 26.8 Å². The first-order valence-electron chi connectivity index (χ1n) is 5.33. The third kappa shape index (κ3) is 2.34. The molecule has 0 saturated carbocycles. The maximum atomic E-state index is 11.5. The van der Waals surface area contributed by atoms with Crippen LogP contribution >= 0.6 is 0 Å². The molecule has 0 aliphatic rings. The van der Waals surface area contributed by atoms with Gasteiger partial charge in [-0.05, 0) is 43.5 Å². The average Bonchev–Trinajstić information content (AvgIpc) is 2.32. The molecule has 17 heavy (non-hydrogen) atoms. The minimum atomic E-state index is -0.350. The van der Waals surface area contributed by atoms with Crippen molar-refractivity contribution in [3.63, 3.8) is 0 Å². The van der Waals surface area contributed by atoms with Crippen LogP contribution in [0.15, 0.2) is 6.07 Å². The van der Waals surface area contributed by atoms with Gasteiger partial charge in [-0.15, -0.1) is 0 Å². The summed E-state index contributed by atoms with van der Waals surface area (Å²) in [6, 6.07) is 1.56. The van der Waals surface area contributed by atoms with Crippen LogP contribution in [0, 0.1) is 20.8 Å². The lowest BCUT2D eigenvalue weighted by Crippen LogP contribution is -2.41. The van der Waals surface area contributed by atoms with Gasteiger partial charge in [-0.2, -0.15) is 0 Å². The highest BCUT2D eigenvalue weighted by atomic mass is 16.5. The number of urea groups is 1. The van der Waals surface area contributed by atoms with Gasteiger partial charge < -0.3 is 4.74 Å². The zero-order valence-corrected chi connectivity index (χ0v) is 10.9. The van der Waals surface area contributed by atoms with Gasteiger partial charge in [0.1, 0.15) is 5.75 Å². The number of nitrogens with one attached hydrogen (secondary N) is 1. The SMILES string of the molecule is COc1c(C)cc(N(C)C(=O)NN)c(C)c1C. The third-order valence-electron chi connectivity index (χ3n) is 2.99. The number of benzene rings is 1. The Balaban J connectivity index is 3.32. The molecule has 0 aromatic heterocycles. The summed E-state index contributed by atoms with van der Waals surface area (Å²) >= 11 is 0. The number of amides is 2. The lowest BCUT2D eigenvalue weighted by Gasteiger charge is -2.22. The smallest absolute Gasteiger partial charge is 0.335 e. The summed E-state index contributed by atoms with van der Waals surface area (Å²) in [6.45, 7) is 5.87. The number of aryl methyl sites for hydroxylation is 1. The number of carbonyl (C=O) groups excluding carboxylic acids is 1. The van der Waals surface area contributed by atoms with Gasteiger partial charge in [0, 0.05) is 12.7 Å². The van der Waals surface area contributed by atoms with Crippen molar-refractivity contribution in [1.82, 2.24) is 5.43 Å². The second kappa shape index (κ2) is 5.05. The predicted octanol–water partition coefficient (Wildman–Crippen LogP) is 1.64. The number of nitrogens with two attached hydrogens (primary N) is 1. The van der Waals surface area contributed by atoms with E-state index in [1.54, 1.807) is 14.2 Å². The van der Waals surface area contributed by atoms with Crippen LogP contribution < -0.4 is 20.9 Å². The highest BCUT2D eigenvalue weighted by Crippen LogP contribution is 2.32. The maximum Gasteiger partial charge on any atom is 0.335 e. The van der Waals surface area contributed by atoms with E-state index in [9.17, 15) is 4.79 Å². The molecule has 0 unspecified atom stereocenters. The summed E-state index contributed by atoms with van der Waals surface area (Å²) < 4.78 is 5.33. The first-order chi connectivity index (χ1) is 7.93. The minimum Gasteiger partial charge on any atom is -0.496 e. The first kappa shape index (κ1) is 13.3. The molecule has 2 amide bonds. The van der Waals surface area contributed by atoms with Crippen LogP contribution in [-0.4, -0.2) is 20.2 Å². The Kier molecular flexibility index (Phi) is 3.96. The van der Waals surface area contributed by atoms with Crippen molar-refractivity contribution in [3.05, 3.63) is 22.8 Å². The molecule has 1 rings (SSSR count). The molecular weight excluding hydrogens is 218 g/mol. The van der Waals surface area contributed by atoms with E-state index in [0.717, 1.165) is 28.1 Å². The van der Waals surface area contributed by atoms with E-state index in [-0.39, 0.29) is 6.03 Å². The van der Waals surface area contributed by atoms with Gasteiger partial charge in [0.15, 0.2) is 0 Å². The van der Waals surface area contributed by atoms with Crippen molar-refractivity contribution in [2.45, 2.75) is 20.8 Å². The normalized spacial score (nSPS) is 10.0. The molecule has 5 nitrogen and oxygen atoms in total. The second-order valence-corrected chi connectivity index (χ2v) is 4.00. The molecule has 0 aliphatic heterocycles. The highest BCUT2D eigenvalue weighted by molar-refractivity contribution is 5.92. The van der Waals surface area contributed by atoms with Crippen LogP contribution in [-0.2, 0) is 0 Å². The van der Waals surface area contributed by atoms with E-state index in [2.05, 4.69) is 5.43 Å². The fraction of sp³-hybridized carbons (Fsp3) is 0.417. The zero-order valence-electron chi connectivity index (χ0n) is 10.9. The first-order valence-corrected chi connectivity index (χ1v) is 5.33. The molecule has 0 radical (unpaired) electrons. The van der Waals surface area contributed by atoms with Gasteiger partial charge in [-0.3, -0.25) is 10.3 Å². The standard InChI is InChI=1S/C12H19N3O2/c1-7-6-10(15(4)12(16)14-13)8(2)9(3)11(7)17-5/h6H,13H2,1-5H3,(H,14,16). The largest absolute Gasteiger partial charge is 0.496 e. The molecule has 0 fully saturated rings. The van der Waals surface area contributed by atoms with E-state index in [0.29, 0.717) is 0 Å². The Labute approximate surface area is 102 Å². The molecule has 1 aromatic rings. The molecular formula is C12H19N3O2. The van der Waals surface area contributed by atoms with Crippen molar-refractivity contribution < 1.29 is 9.53 Å². The number of hydrazine groups is 1. The lowest BCUT2D eigenvalue weighted by atomic mass is 10.0. The molecule has 0 bridgehead atoms. The number of nitrogens with zero attached hydrogens (tertiary/aromatic N) is 1. The molecule has 0 saturated heterocycles. The third-order valence-corrected chi connectivity index (χ3v) is 2.99. The molecule has 94 valence electrons. The van der Waals surface area contributed by atoms with Gasteiger partial charge >= 0.3 is 6.03 Å². The fourth-order valence-corrected chi connectivity index (χ4v) is 1.91. The summed E-state index contributed by atoms with van der Waals surface area (Å²) in [5.74, 6) is 5.98. The second-order valence-electron chi connectivity index (χ2n) is 4.00. The molecule has 0 atom stereocenters. The summed E-state index contributed by atoms with van der Waals surface area (Å²) in [6.07, 6.45) is 0. The van der Waals surface area contributed by atoms with Crippen molar-refractivity contribution in [2.24, 2.45) is 5.84 Å². The Morgan fingerprint density at radius 3 is 2.41 bits per heavy atom. The zero-order chi connectivity index (χ0) is 13.2. The highest BCUT2D eigenvalue weighted by Gasteiger charge is 2.16. The number of hydrogen-bond donors (Lipinski definition) is 2. The summed E-state index contributed by atoms with van der Waals surface area (Å²) in [4.78, 5) is 13.0. The van der Waals surface area contributed by atoms with Gasteiger partial charge in [-0.1, -0.05) is 0 Å².